The first-order chi connectivity index (χ1) is 9.21. The summed E-state index contributed by atoms with van der Waals surface area (Å²) in [6.07, 6.45) is -0.854. The van der Waals surface area contributed by atoms with Gasteiger partial charge in [-0.25, -0.2) is 0 Å². The molecule has 0 aromatic heterocycles. The number of hydrogen-bond donors (Lipinski definition) is 1. The van der Waals surface area contributed by atoms with E-state index in [2.05, 4.69) is 5.32 Å². The van der Waals surface area contributed by atoms with E-state index in [4.69, 9.17) is 0 Å². The van der Waals surface area contributed by atoms with Gasteiger partial charge in [0.2, 0.25) is 0 Å². The molecule has 1 N–H and O–H groups in total. The fourth-order valence-corrected chi connectivity index (χ4v) is 2.57. The fourth-order valence-electron chi connectivity index (χ4n) is 2.57. The third kappa shape index (κ3) is 3.02. The summed E-state index contributed by atoms with van der Waals surface area (Å²) in [6, 6.07) is 2.60. The number of benzene rings is 1. The van der Waals surface area contributed by atoms with Crippen LogP contribution < -0.4 is 5.32 Å². The van der Waals surface area contributed by atoms with Gasteiger partial charge in [-0.05, 0) is 31.9 Å². The third-order valence-electron chi connectivity index (χ3n) is 3.67. The highest BCUT2D eigenvalue weighted by molar-refractivity contribution is 5.64. The highest BCUT2D eigenvalue weighted by Crippen LogP contribution is 2.38. The number of hydrogen-bond acceptors (Lipinski definition) is 3. The van der Waals surface area contributed by atoms with Gasteiger partial charge in [0.1, 0.15) is 5.69 Å². The van der Waals surface area contributed by atoms with Crippen LogP contribution >= 0.6 is 0 Å². The Bertz CT molecular complexity index is 523. The molecular formula is C13H15F3N2O2. The molecule has 0 radical (unpaired) electrons. The monoisotopic (exact) mass is 288 g/mol. The van der Waals surface area contributed by atoms with E-state index in [0.29, 0.717) is 6.07 Å². The topological polar surface area (TPSA) is 55.2 Å². The van der Waals surface area contributed by atoms with Gasteiger partial charge in [0, 0.05) is 11.6 Å². The van der Waals surface area contributed by atoms with Crippen LogP contribution in [0.1, 0.15) is 38.2 Å². The van der Waals surface area contributed by atoms with Crippen LogP contribution in [0.3, 0.4) is 0 Å². The van der Waals surface area contributed by atoms with Gasteiger partial charge in [-0.15, -0.1) is 0 Å². The van der Waals surface area contributed by atoms with Gasteiger partial charge in [-0.2, -0.15) is 13.2 Å². The van der Waals surface area contributed by atoms with E-state index in [0.717, 1.165) is 37.8 Å². The van der Waals surface area contributed by atoms with Gasteiger partial charge in [0.25, 0.3) is 5.69 Å². The fraction of sp³-hybridized carbons (Fsp3) is 0.538. The number of nitro groups is 1. The summed E-state index contributed by atoms with van der Waals surface area (Å²) in [6.45, 7) is 1.93. The predicted molar refractivity (Wildman–Crippen MR) is 68.6 cm³/mol. The Balaban J connectivity index is 2.35. The number of rotatable bonds is 3. The summed E-state index contributed by atoms with van der Waals surface area (Å²) in [5, 5.41) is 14.0. The minimum Gasteiger partial charge on any atom is -0.374 e. The molecule has 7 heteroatoms. The molecular weight excluding hydrogens is 273 g/mol. The van der Waals surface area contributed by atoms with E-state index in [1.54, 1.807) is 0 Å². The van der Waals surface area contributed by atoms with Gasteiger partial charge >= 0.3 is 6.18 Å². The average Bonchev–Trinajstić information content (AvgIpc) is 2.74. The summed E-state index contributed by atoms with van der Waals surface area (Å²) in [4.78, 5) is 10.2. The Kier molecular flexibility index (Phi) is 3.62. The number of nitrogens with one attached hydrogen (secondary N) is 1. The van der Waals surface area contributed by atoms with Gasteiger partial charge in [-0.1, -0.05) is 12.8 Å². The molecule has 2 rings (SSSR count). The van der Waals surface area contributed by atoms with Crippen molar-refractivity contribution in [1.82, 2.24) is 0 Å². The molecule has 4 nitrogen and oxygen atoms in total. The predicted octanol–water partition coefficient (Wildman–Crippen LogP) is 4.36. The number of halogens is 3. The highest BCUT2D eigenvalue weighted by Gasteiger charge is 2.35. The molecule has 0 spiro atoms. The second-order valence-corrected chi connectivity index (χ2v) is 5.38. The molecule has 110 valence electrons. The molecule has 0 unspecified atom stereocenters. The lowest BCUT2D eigenvalue weighted by Crippen LogP contribution is -2.31. The Labute approximate surface area is 114 Å². The molecule has 0 aliphatic heterocycles. The van der Waals surface area contributed by atoms with Crippen LogP contribution in [-0.4, -0.2) is 10.5 Å². The van der Waals surface area contributed by atoms with Crippen molar-refractivity contribution in [2.24, 2.45) is 0 Å². The van der Waals surface area contributed by atoms with E-state index in [-0.39, 0.29) is 11.2 Å². The highest BCUT2D eigenvalue weighted by atomic mass is 19.4. The molecule has 0 amide bonds. The zero-order chi connectivity index (χ0) is 15.0. The van der Waals surface area contributed by atoms with Crippen LogP contribution in [0.5, 0.6) is 0 Å². The number of alkyl halides is 3. The van der Waals surface area contributed by atoms with Gasteiger partial charge in [-0.3, -0.25) is 10.1 Å². The van der Waals surface area contributed by atoms with Crippen molar-refractivity contribution in [3.63, 3.8) is 0 Å². The van der Waals surface area contributed by atoms with E-state index in [9.17, 15) is 23.3 Å². The summed E-state index contributed by atoms with van der Waals surface area (Å²) < 4.78 is 37.8. The lowest BCUT2D eigenvalue weighted by molar-refractivity contribution is -0.384. The Hall–Kier alpha value is -1.79. The first kappa shape index (κ1) is 14.6. The van der Waals surface area contributed by atoms with Crippen LogP contribution in [0, 0.1) is 10.1 Å². The van der Waals surface area contributed by atoms with Crippen molar-refractivity contribution in [3.05, 3.63) is 33.9 Å². The zero-order valence-electron chi connectivity index (χ0n) is 11.0. The summed E-state index contributed by atoms with van der Waals surface area (Å²) in [5.41, 5.74) is -1.68. The van der Waals surface area contributed by atoms with Gasteiger partial charge < -0.3 is 5.32 Å². The van der Waals surface area contributed by atoms with Crippen molar-refractivity contribution in [2.75, 3.05) is 5.32 Å². The summed E-state index contributed by atoms with van der Waals surface area (Å²) in [5.74, 6) is 0. The maximum atomic E-state index is 12.6. The Morgan fingerprint density at radius 1 is 1.30 bits per heavy atom. The molecule has 1 fully saturated rings. The first-order valence-electron chi connectivity index (χ1n) is 6.35. The van der Waals surface area contributed by atoms with Crippen LogP contribution in [0.4, 0.5) is 24.5 Å². The van der Waals surface area contributed by atoms with Crippen LogP contribution in [0.15, 0.2) is 18.2 Å². The van der Waals surface area contributed by atoms with Crippen molar-refractivity contribution in [2.45, 2.75) is 44.3 Å². The Morgan fingerprint density at radius 2 is 1.90 bits per heavy atom. The van der Waals surface area contributed by atoms with E-state index in [1.165, 1.54) is 0 Å². The smallest absolute Gasteiger partial charge is 0.374 e. The van der Waals surface area contributed by atoms with Crippen molar-refractivity contribution in [1.29, 1.82) is 0 Å². The maximum absolute atomic E-state index is 12.6. The largest absolute Gasteiger partial charge is 0.416 e. The van der Waals surface area contributed by atoms with E-state index >= 15 is 0 Å². The molecule has 0 saturated heterocycles. The third-order valence-corrected chi connectivity index (χ3v) is 3.67. The zero-order valence-corrected chi connectivity index (χ0v) is 11.0. The molecule has 1 saturated carbocycles. The standard InChI is InChI=1S/C13H15F3N2O2/c1-12(6-2-3-7-12)17-10-5-4-9(13(14,15)16)8-11(10)18(19)20/h4-5,8,17H,2-3,6-7H2,1H3. The van der Waals surface area contributed by atoms with Gasteiger partial charge in [0.15, 0.2) is 0 Å². The molecule has 0 bridgehead atoms. The second-order valence-electron chi connectivity index (χ2n) is 5.38. The van der Waals surface area contributed by atoms with Crippen LogP contribution in [0.25, 0.3) is 0 Å². The minimum atomic E-state index is -4.58. The molecule has 1 aromatic carbocycles. The summed E-state index contributed by atoms with van der Waals surface area (Å²) >= 11 is 0. The van der Waals surface area contributed by atoms with E-state index < -0.39 is 22.4 Å². The quantitative estimate of drug-likeness (QED) is 0.664. The molecule has 0 atom stereocenters. The van der Waals surface area contributed by atoms with Crippen molar-refractivity contribution < 1.29 is 18.1 Å². The molecule has 20 heavy (non-hydrogen) atoms. The molecule has 1 aromatic rings. The minimum absolute atomic E-state index is 0.146. The number of nitro benzene ring substituents is 1. The second kappa shape index (κ2) is 4.96. The molecule has 1 aliphatic rings. The number of nitrogens with zero attached hydrogens (tertiary/aromatic N) is 1. The first-order valence-corrected chi connectivity index (χ1v) is 6.35. The summed E-state index contributed by atoms with van der Waals surface area (Å²) in [7, 11) is 0. The lowest BCUT2D eigenvalue weighted by atomic mass is 9.99. The number of anilines is 1. The lowest BCUT2D eigenvalue weighted by Gasteiger charge is -2.26. The van der Waals surface area contributed by atoms with Crippen molar-refractivity contribution in [3.8, 4) is 0 Å². The normalized spacial score (nSPS) is 18.0. The van der Waals surface area contributed by atoms with E-state index in [1.807, 2.05) is 6.92 Å². The van der Waals surface area contributed by atoms with Crippen LogP contribution in [0.2, 0.25) is 0 Å². The van der Waals surface area contributed by atoms with Gasteiger partial charge in [0.05, 0.1) is 10.5 Å². The maximum Gasteiger partial charge on any atom is 0.416 e. The molecule has 0 heterocycles. The van der Waals surface area contributed by atoms with Crippen LogP contribution in [-0.2, 0) is 6.18 Å². The molecule has 1 aliphatic carbocycles. The Morgan fingerprint density at radius 3 is 2.40 bits per heavy atom. The SMILES string of the molecule is CC1(Nc2ccc(C(F)(F)F)cc2[N+](=O)[O-])CCCC1. The average molecular weight is 288 g/mol. The van der Waals surface area contributed by atoms with Crippen molar-refractivity contribution >= 4 is 11.4 Å².